The van der Waals surface area contributed by atoms with E-state index in [4.69, 9.17) is 0 Å². The van der Waals surface area contributed by atoms with E-state index in [2.05, 4.69) is 38.5 Å². The summed E-state index contributed by atoms with van der Waals surface area (Å²) in [6, 6.07) is 5.01. The number of nitrogens with zero attached hydrogens (tertiary/aromatic N) is 1. The fraction of sp³-hybridized carbons (Fsp3) is 0.400. The van der Waals surface area contributed by atoms with Gasteiger partial charge in [-0.05, 0) is 37.6 Å². The van der Waals surface area contributed by atoms with Gasteiger partial charge in [0.05, 0.1) is 10.7 Å². The summed E-state index contributed by atoms with van der Waals surface area (Å²) < 4.78 is 14.0. The summed E-state index contributed by atoms with van der Waals surface area (Å²) in [5.74, 6) is -0.223. The highest BCUT2D eigenvalue weighted by Crippen LogP contribution is 2.27. The van der Waals surface area contributed by atoms with Crippen molar-refractivity contribution < 1.29 is 4.39 Å². The molecule has 0 amide bonds. The Morgan fingerprint density at radius 1 is 1.45 bits per heavy atom. The maximum absolute atomic E-state index is 13.2. The third-order valence-electron chi connectivity index (χ3n) is 3.06. The SMILES string of the molecule is CCCNC(Cc1csc(C)n1)c1ccc(F)cc1Br. The maximum atomic E-state index is 13.2. The Morgan fingerprint density at radius 3 is 2.85 bits per heavy atom. The Labute approximate surface area is 131 Å². The van der Waals surface area contributed by atoms with Crippen molar-refractivity contribution in [3.8, 4) is 0 Å². The van der Waals surface area contributed by atoms with Crippen molar-refractivity contribution >= 4 is 27.3 Å². The van der Waals surface area contributed by atoms with Crippen LogP contribution in [0.4, 0.5) is 4.39 Å². The van der Waals surface area contributed by atoms with Crippen molar-refractivity contribution in [1.29, 1.82) is 0 Å². The first kappa shape index (κ1) is 15.6. The van der Waals surface area contributed by atoms with Crippen LogP contribution in [-0.4, -0.2) is 11.5 Å². The van der Waals surface area contributed by atoms with Crippen LogP contribution in [0.3, 0.4) is 0 Å². The first-order valence-electron chi connectivity index (χ1n) is 6.69. The predicted molar refractivity (Wildman–Crippen MR) is 85.7 cm³/mol. The molecule has 1 aromatic heterocycles. The first-order chi connectivity index (χ1) is 9.60. The number of rotatable bonds is 6. The van der Waals surface area contributed by atoms with Crippen LogP contribution >= 0.6 is 27.3 Å². The molecule has 1 heterocycles. The largest absolute Gasteiger partial charge is 0.310 e. The molecule has 1 N–H and O–H groups in total. The van der Waals surface area contributed by atoms with E-state index in [-0.39, 0.29) is 11.9 Å². The van der Waals surface area contributed by atoms with Crippen molar-refractivity contribution in [1.82, 2.24) is 10.3 Å². The predicted octanol–water partition coefficient (Wildman–Crippen LogP) is 4.64. The fourth-order valence-electron chi connectivity index (χ4n) is 2.11. The lowest BCUT2D eigenvalue weighted by molar-refractivity contribution is 0.521. The van der Waals surface area contributed by atoms with Gasteiger partial charge in [-0.2, -0.15) is 0 Å². The van der Waals surface area contributed by atoms with E-state index in [0.29, 0.717) is 0 Å². The molecule has 0 bridgehead atoms. The monoisotopic (exact) mass is 356 g/mol. The summed E-state index contributed by atoms with van der Waals surface area (Å²) in [5.41, 5.74) is 2.16. The first-order valence-corrected chi connectivity index (χ1v) is 8.36. The highest BCUT2D eigenvalue weighted by molar-refractivity contribution is 9.10. The Bertz CT molecular complexity index is 571. The molecule has 0 aliphatic rings. The zero-order chi connectivity index (χ0) is 14.5. The summed E-state index contributed by atoms with van der Waals surface area (Å²) in [4.78, 5) is 4.52. The van der Waals surface area contributed by atoms with Crippen LogP contribution in [0.5, 0.6) is 0 Å². The molecule has 1 aromatic carbocycles. The summed E-state index contributed by atoms with van der Waals surface area (Å²) >= 11 is 5.12. The zero-order valence-corrected chi connectivity index (χ0v) is 14.0. The van der Waals surface area contributed by atoms with E-state index in [1.807, 2.05) is 13.0 Å². The summed E-state index contributed by atoms with van der Waals surface area (Å²) in [7, 11) is 0. The van der Waals surface area contributed by atoms with Gasteiger partial charge in [0.25, 0.3) is 0 Å². The number of hydrogen-bond donors (Lipinski definition) is 1. The summed E-state index contributed by atoms with van der Waals surface area (Å²) in [5, 5.41) is 6.68. The van der Waals surface area contributed by atoms with Gasteiger partial charge < -0.3 is 5.32 Å². The van der Waals surface area contributed by atoms with E-state index < -0.39 is 0 Å². The Balaban J connectivity index is 2.22. The topological polar surface area (TPSA) is 24.9 Å². The van der Waals surface area contributed by atoms with E-state index >= 15 is 0 Å². The lowest BCUT2D eigenvalue weighted by Crippen LogP contribution is -2.24. The third kappa shape index (κ3) is 4.11. The standard InChI is InChI=1S/C15H18BrFN2S/c1-3-6-18-15(8-12-9-20-10(2)19-12)13-5-4-11(17)7-14(13)16/h4-5,7,9,15,18H,3,6,8H2,1-2H3. The van der Waals surface area contributed by atoms with Crippen LogP contribution in [0, 0.1) is 12.7 Å². The molecule has 0 aliphatic carbocycles. The van der Waals surface area contributed by atoms with Gasteiger partial charge >= 0.3 is 0 Å². The molecule has 5 heteroatoms. The van der Waals surface area contributed by atoms with Crippen LogP contribution in [0.2, 0.25) is 0 Å². The fourth-order valence-corrected chi connectivity index (χ4v) is 3.36. The molecule has 0 spiro atoms. The van der Waals surface area contributed by atoms with Crippen molar-refractivity contribution in [2.45, 2.75) is 32.7 Å². The van der Waals surface area contributed by atoms with Crippen LogP contribution in [-0.2, 0) is 6.42 Å². The summed E-state index contributed by atoms with van der Waals surface area (Å²) in [6.45, 7) is 5.07. The average molecular weight is 357 g/mol. The van der Waals surface area contributed by atoms with Crippen LogP contribution in [0.15, 0.2) is 28.1 Å². The number of aromatic nitrogens is 1. The lowest BCUT2D eigenvalue weighted by Gasteiger charge is -2.19. The summed E-state index contributed by atoms with van der Waals surface area (Å²) in [6.07, 6.45) is 1.87. The Hall–Kier alpha value is -0.780. The molecular formula is C15H18BrFN2S. The molecule has 0 saturated carbocycles. The van der Waals surface area contributed by atoms with Crippen LogP contribution in [0.25, 0.3) is 0 Å². The van der Waals surface area contributed by atoms with E-state index in [0.717, 1.165) is 40.1 Å². The number of thiazole rings is 1. The Kier molecular flexibility index (Phi) is 5.69. The highest BCUT2D eigenvalue weighted by Gasteiger charge is 2.16. The molecule has 20 heavy (non-hydrogen) atoms. The molecule has 1 atom stereocenters. The Morgan fingerprint density at radius 2 is 2.25 bits per heavy atom. The molecule has 0 saturated heterocycles. The van der Waals surface area contributed by atoms with Gasteiger partial charge in [-0.1, -0.05) is 28.9 Å². The molecule has 2 nitrogen and oxygen atoms in total. The normalized spacial score (nSPS) is 12.6. The molecule has 108 valence electrons. The van der Waals surface area contributed by atoms with E-state index in [9.17, 15) is 4.39 Å². The van der Waals surface area contributed by atoms with Crippen molar-refractivity contribution in [3.63, 3.8) is 0 Å². The van der Waals surface area contributed by atoms with Gasteiger partial charge in [0.2, 0.25) is 0 Å². The second-order valence-corrected chi connectivity index (χ2v) is 6.65. The minimum Gasteiger partial charge on any atom is -0.310 e. The number of hydrogen-bond acceptors (Lipinski definition) is 3. The molecule has 2 rings (SSSR count). The number of aryl methyl sites for hydroxylation is 1. The van der Waals surface area contributed by atoms with Gasteiger partial charge in [0, 0.05) is 22.3 Å². The number of halogens is 2. The number of benzene rings is 1. The molecule has 0 radical (unpaired) electrons. The second-order valence-electron chi connectivity index (χ2n) is 4.73. The smallest absolute Gasteiger partial charge is 0.124 e. The minimum absolute atomic E-state index is 0.145. The molecule has 1 unspecified atom stereocenters. The van der Waals surface area contributed by atoms with Gasteiger partial charge in [0.1, 0.15) is 5.82 Å². The third-order valence-corrected chi connectivity index (χ3v) is 4.57. The maximum Gasteiger partial charge on any atom is 0.124 e. The zero-order valence-electron chi connectivity index (χ0n) is 11.6. The van der Waals surface area contributed by atoms with Crippen molar-refractivity contribution in [2.75, 3.05) is 6.54 Å². The lowest BCUT2D eigenvalue weighted by atomic mass is 10.0. The number of nitrogens with one attached hydrogen (secondary N) is 1. The molecular weight excluding hydrogens is 339 g/mol. The second kappa shape index (κ2) is 7.29. The molecule has 2 aromatic rings. The van der Waals surface area contributed by atoms with E-state index in [1.54, 1.807) is 11.3 Å². The molecule has 0 fully saturated rings. The average Bonchev–Trinajstić information content (AvgIpc) is 2.80. The van der Waals surface area contributed by atoms with Gasteiger partial charge in [-0.25, -0.2) is 9.37 Å². The van der Waals surface area contributed by atoms with Gasteiger partial charge in [-0.3, -0.25) is 0 Å². The van der Waals surface area contributed by atoms with Gasteiger partial charge in [0.15, 0.2) is 0 Å². The van der Waals surface area contributed by atoms with Crippen LogP contribution < -0.4 is 5.32 Å². The quantitative estimate of drug-likeness (QED) is 0.815. The van der Waals surface area contributed by atoms with Crippen molar-refractivity contribution in [3.05, 3.63) is 50.1 Å². The van der Waals surface area contributed by atoms with E-state index in [1.165, 1.54) is 12.1 Å². The highest BCUT2D eigenvalue weighted by atomic mass is 79.9. The minimum atomic E-state index is -0.223. The van der Waals surface area contributed by atoms with Gasteiger partial charge in [-0.15, -0.1) is 11.3 Å². The molecule has 0 aliphatic heterocycles. The van der Waals surface area contributed by atoms with Crippen LogP contribution in [0.1, 0.15) is 35.7 Å². The van der Waals surface area contributed by atoms with Crippen molar-refractivity contribution in [2.24, 2.45) is 0 Å².